The van der Waals surface area contributed by atoms with Gasteiger partial charge in [-0.2, -0.15) is 5.10 Å². The maximum Gasteiger partial charge on any atom is 0.262 e. The van der Waals surface area contributed by atoms with E-state index in [0.717, 1.165) is 0 Å². The standard InChI is InChI=1S/C18H24N4O/c1-4-22-17(23)14-10-5-6-11-15(14)19-18(22)21-20-16-12(2)8-7-9-13(16)3/h5-6,10-13H,4,7-9H2,1-3H3,(H,19,21)/t12-,13-/m0/s1. The van der Waals surface area contributed by atoms with Gasteiger partial charge in [-0.1, -0.05) is 32.4 Å². The average Bonchev–Trinajstić information content (AvgIpc) is 2.55. The molecule has 1 fully saturated rings. The quantitative estimate of drug-likeness (QED) is 0.880. The lowest BCUT2D eigenvalue weighted by atomic mass is 9.81. The number of nitrogens with one attached hydrogen (secondary N) is 1. The zero-order chi connectivity index (χ0) is 16.4. The fraction of sp³-hybridized carbons (Fsp3) is 0.500. The lowest BCUT2D eigenvalue weighted by molar-refractivity contribution is 0.486. The highest BCUT2D eigenvalue weighted by molar-refractivity contribution is 5.89. The van der Waals surface area contributed by atoms with Crippen LogP contribution in [0.2, 0.25) is 0 Å². The lowest BCUT2D eigenvalue weighted by Gasteiger charge is -2.26. The first-order valence-corrected chi connectivity index (χ1v) is 8.44. The van der Waals surface area contributed by atoms with E-state index in [9.17, 15) is 4.79 Å². The number of rotatable bonds is 3. The molecule has 1 aliphatic rings. The van der Waals surface area contributed by atoms with E-state index < -0.39 is 0 Å². The fourth-order valence-corrected chi connectivity index (χ4v) is 3.39. The molecule has 1 aromatic carbocycles. The molecular weight excluding hydrogens is 288 g/mol. The highest BCUT2D eigenvalue weighted by atomic mass is 16.1. The zero-order valence-corrected chi connectivity index (χ0v) is 14.0. The van der Waals surface area contributed by atoms with Crippen molar-refractivity contribution in [2.24, 2.45) is 16.9 Å². The summed E-state index contributed by atoms with van der Waals surface area (Å²) in [5, 5.41) is 5.26. The van der Waals surface area contributed by atoms with Crippen molar-refractivity contribution in [1.29, 1.82) is 0 Å². The van der Waals surface area contributed by atoms with Crippen LogP contribution in [-0.4, -0.2) is 15.3 Å². The van der Waals surface area contributed by atoms with Crippen LogP contribution in [0.3, 0.4) is 0 Å². The van der Waals surface area contributed by atoms with Gasteiger partial charge in [0.15, 0.2) is 0 Å². The summed E-state index contributed by atoms with van der Waals surface area (Å²) in [7, 11) is 0. The van der Waals surface area contributed by atoms with Gasteiger partial charge >= 0.3 is 0 Å². The molecule has 23 heavy (non-hydrogen) atoms. The minimum absolute atomic E-state index is 0.0226. The lowest BCUT2D eigenvalue weighted by Crippen LogP contribution is -2.27. The van der Waals surface area contributed by atoms with Gasteiger partial charge in [-0.3, -0.25) is 9.36 Å². The predicted molar refractivity (Wildman–Crippen MR) is 94.9 cm³/mol. The number of benzene rings is 1. The molecule has 0 saturated heterocycles. The zero-order valence-electron chi connectivity index (χ0n) is 14.0. The molecule has 0 amide bonds. The van der Waals surface area contributed by atoms with Gasteiger partial charge in [0, 0.05) is 12.3 Å². The van der Waals surface area contributed by atoms with Gasteiger partial charge in [0.1, 0.15) is 0 Å². The molecule has 0 spiro atoms. The molecule has 122 valence electrons. The summed E-state index contributed by atoms with van der Waals surface area (Å²) in [4.78, 5) is 17.2. The third-order valence-electron chi connectivity index (χ3n) is 4.75. The number of anilines is 1. The van der Waals surface area contributed by atoms with Gasteiger partial charge in [0.25, 0.3) is 5.56 Å². The Balaban J connectivity index is 2.01. The molecule has 2 aromatic rings. The molecule has 3 rings (SSSR count). The second-order valence-electron chi connectivity index (χ2n) is 6.38. The van der Waals surface area contributed by atoms with E-state index >= 15 is 0 Å². The first-order chi connectivity index (χ1) is 11.1. The second-order valence-corrected chi connectivity index (χ2v) is 6.38. The molecule has 0 unspecified atom stereocenters. The van der Waals surface area contributed by atoms with Gasteiger partial charge in [0.05, 0.1) is 10.9 Å². The number of hydrogen-bond donors (Lipinski definition) is 1. The van der Waals surface area contributed by atoms with Crippen molar-refractivity contribution < 1.29 is 0 Å². The molecule has 1 aliphatic carbocycles. The first kappa shape index (κ1) is 15.7. The van der Waals surface area contributed by atoms with E-state index in [4.69, 9.17) is 0 Å². The summed E-state index contributed by atoms with van der Waals surface area (Å²) < 4.78 is 1.64. The summed E-state index contributed by atoms with van der Waals surface area (Å²) in [6.07, 6.45) is 3.61. The number of fused-ring (bicyclic) bond motifs is 1. The van der Waals surface area contributed by atoms with Crippen LogP contribution in [0.15, 0.2) is 34.2 Å². The van der Waals surface area contributed by atoms with Crippen molar-refractivity contribution >= 4 is 22.6 Å². The molecule has 0 bridgehead atoms. The van der Waals surface area contributed by atoms with Crippen LogP contribution in [0.4, 0.5) is 5.95 Å². The first-order valence-electron chi connectivity index (χ1n) is 8.44. The van der Waals surface area contributed by atoms with Crippen molar-refractivity contribution in [3.8, 4) is 0 Å². The molecule has 0 radical (unpaired) electrons. The highest BCUT2D eigenvalue weighted by Gasteiger charge is 2.23. The molecular formula is C18H24N4O. The summed E-state index contributed by atoms with van der Waals surface area (Å²) in [6.45, 7) is 6.95. The fourth-order valence-electron chi connectivity index (χ4n) is 3.39. The van der Waals surface area contributed by atoms with Gasteiger partial charge in [-0.25, -0.2) is 10.4 Å². The van der Waals surface area contributed by atoms with Crippen molar-refractivity contribution in [1.82, 2.24) is 9.55 Å². The van der Waals surface area contributed by atoms with E-state index in [-0.39, 0.29) is 5.56 Å². The molecule has 5 heteroatoms. The molecule has 1 N–H and O–H groups in total. The van der Waals surface area contributed by atoms with E-state index in [1.54, 1.807) is 4.57 Å². The van der Waals surface area contributed by atoms with Crippen molar-refractivity contribution in [3.63, 3.8) is 0 Å². The van der Waals surface area contributed by atoms with Crippen molar-refractivity contribution in [2.75, 3.05) is 5.43 Å². The van der Waals surface area contributed by atoms with Crippen LogP contribution in [0.5, 0.6) is 0 Å². The Morgan fingerprint density at radius 1 is 1.26 bits per heavy atom. The summed E-state index contributed by atoms with van der Waals surface area (Å²) in [5.74, 6) is 1.48. The van der Waals surface area contributed by atoms with Crippen LogP contribution in [0.1, 0.15) is 40.0 Å². The Hall–Kier alpha value is -2.17. The number of aromatic nitrogens is 2. The monoisotopic (exact) mass is 312 g/mol. The van der Waals surface area contributed by atoms with Crippen LogP contribution in [0.25, 0.3) is 10.9 Å². The third-order valence-corrected chi connectivity index (χ3v) is 4.75. The molecule has 1 saturated carbocycles. The van der Waals surface area contributed by atoms with Crippen LogP contribution in [0, 0.1) is 11.8 Å². The minimum Gasteiger partial charge on any atom is -0.277 e. The molecule has 2 atom stereocenters. The number of para-hydroxylation sites is 1. The Bertz CT molecular complexity index is 781. The normalized spacial score (nSPS) is 21.4. The Kier molecular flexibility index (Phi) is 4.46. The van der Waals surface area contributed by atoms with Crippen LogP contribution < -0.4 is 11.0 Å². The van der Waals surface area contributed by atoms with Crippen LogP contribution in [-0.2, 0) is 6.54 Å². The number of hydrogen-bond acceptors (Lipinski definition) is 4. The smallest absolute Gasteiger partial charge is 0.262 e. The second kappa shape index (κ2) is 6.52. The molecule has 0 aliphatic heterocycles. The maximum absolute atomic E-state index is 12.6. The van der Waals surface area contributed by atoms with E-state index in [2.05, 4.69) is 29.4 Å². The largest absolute Gasteiger partial charge is 0.277 e. The Labute approximate surface area is 136 Å². The summed E-state index contributed by atoms with van der Waals surface area (Å²) in [6, 6.07) is 7.44. The highest BCUT2D eigenvalue weighted by Crippen LogP contribution is 2.26. The number of nitrogens with zero attached hydrogens (tertiary/aromatic N) is 3. The number of hydrazone groups is 1. The van der Waals surface area contributed by atoms with Crippen molar-refractivity contribution in [3.05, 3.63) is 34.6 Å². The van der Waals surface area contributed by atoms with Gasteiger partial charge in [-0.05, 0) is 43.7 Å². The Morgan fingerprint density at radius 3 is 2.65 bits per heavy atom. The summed E-state index contributed by atoms with van der Waals surface area (Å²) in [5.41, 5.74) is 4.93. The molecule has 5 nitrogen and oxygen atoms in total. The van der Waals surface area contributed by atoms with E-state index in [1.165, 1.54) is 25.0 Å². The summed E-state index contributed by atoms with van der Waals surface area (Å²) >= 11 is 0. The van der Waals surface area contributed by atoms with E-state index in [1.807, 2.05) is 31.2 Å². The maximum atomic E-state index is 12.6. The topological polar surface area (TPSA) is 59.3 Å². The molecule has 1 heterocycles. The van der Waals surface area contributed by atoms with Crippen molar-refractivity contribution in [2.45, 2.75) is 46.6 Å². The van der Waals surface area contributed by atoms with Gasteiger partial charge in [0.2, 0.25) is 5.95 Å². The van der Waals surface area contributed by atoms with Gasteiger partial charge < -0.3 is 0 Å². The minimum atomic E-state index is -0.0226. The van der Waals surface area contributed by atoms with Crippen LogP contribution >= 0.6 is 0 Å². The average molecular weight is 312 g/mol. The van der Waals surface area contributed by atoms with E-state index in [0.29, 0.717) is 35.2 Å². The Morgan fingerprint density at radius 2 is 1.96 bits per heavy atom. The molecule has 1 aromatic heterocycles. The van der Waals surface area contributed by atoms with Gasteiger partial charge in [-0.15, -0.1) is 0 Å². The predicted octanol–water partition coefficient (Wildman–Crippen LogP) is 3.64. The SMILES string of the molecule is CCn1c(NN=C2[C@@H](C)CCC[C@@H]2C)nc2ccccc2c1=O. The third kappa shape index (κ3) is 3.00.